The van der Waals surface area contributed by atoms with Crippen molar-refractivity contribution in [3.63, 3.8) is 0 Å². The maximum atomic E-state index is 13.6. The van der Waals surface area contributed by atoms with Crippen LogP contribution in [0, 0.1) is 5.82 Å². The molecule has 2 aromatic rings. The first kappa shape index (κ1) is 20.0. The fourth-order valence-electron chi connectivity index (χ4n) is 3.20. The lowest BCUT2D eigenvalue weighted by Crippen LogP contribution is -2.49. The zero-order valence-corrected chi connectivity index (χ0v) is 15.8. The van der Waals surface area contributed by atoms with Crippen molar-refractivity contribution in [1.29, 1.82) is 0 Å². The number of anilines is 1. The first-order chi connectivity index (χ1) is 13.3. The van der Waals surface area contributed by atoms with Gasteiger partial charge in [-0.05, 0) is 43.2 Å². The number of nitrogens with zero attached hydrogens (tertiary/aromatic N) is 1. The average molecular weight is 405 g/mol. The number of carbonyl (C=O) groups is 2. The van der Waals surface area contributed by atoms with Gasteiger partial charge < -0.3 is 11.1 Å². The van der Waals surface area contributed by atoms with Gasteiger partial charge in [-0.2, -0.15) is 4.31 Å². The summed E-state index contributed by atoms with van der Waals surface area (Å²) in [6.45, 7) is 0.227. The van der Waals surface area contributed by atoms with Gasteiger partial charge in [0.25, 0.3) is 5.91 Å². The van der Waals surface area contributed by atoms with Crippen molar-refractivity contribution in [3.05, 3.63) is 59.9 Å². The lowest BCUT2D eigenvalue weighted by molar-refractivity contribution is -0.120. The molecule has 1 aliphatic heterocycles. The van der Waals surface area contributed by atoms with Crippen LogP contribution in [0.25, 0.3) is 0 Å². The Kier molecular flexibility index (Phi) is 5.76. The predicted octanol–water partition coefficient (Wildman–Crippen LogP) is 2.11. The maximum Gasteiger partial charge on any atom is 0.251 e. The second-order valence-electron chi connectivity index (χ2n) is 6.49. The van der Waals surface area contributed by atoms with Crippen LogP contribution in [0.4, 0.5) is 10.1 Å². The number of benzene rings is 2. The van der Waals surface area contributed by atoms with Gasteiger partial charge >= 0.3 is 0 Å². The number of hydrogen-bond donors (Lipinski definition) is 2. The van der Waals surface area contributed by atoms with Crippen LogP contribution < -0.4 is 11.1 Å². The molecule has 0 spiro atoms. The van der Waals surface area contributed by atoms with E-state index >= 15 is 0 Å². The third-order valence-electron chi connectivity index (χ3n) is 4.61. The molecule has 1 heterocycles. The highest BCUT2D eigenvalue weighted by Crippen LogP contribution is 2.26. The molecular formula is C19H20FN3O4S. The van der Waals surface area contributed by atoms with Crippen molar-refractivity contribution in [2.75, 3.05) is 11.9 Å². The fourth-order valence-corrected chi connectivity index (χ4v) is 4.88. The number of piperidine rings is 1. The van der Waals surface area contributed by atoms with E-state index in [4.69, 9.17) is 5.73 Å². The number of amides is 2. The number of halogens is 1. The van der Waals surface area contributed by atoms with Gasteiger partial charge in [-0.25, -0.2) is 12.8 Å². The second kappa shape index (κ2) is 8.07. The van der Waals surface area contributed by atoms with Crippen molar-refractivity contribution in [1.82, 2.24) is 4.31 Å². The lowest BCUT2D eigenvalue weighted by Gasteiger charge is -2.33. The summed E-state index contributed by atoms with van der Waals surface area (Å²) in [7, 11) is -3.84. The second-order valence-corrected chi connectivity index (χ2v) is 8.38. The van der Waals surface area contributed by atoms with Crippen molar-refractivity contribution in [2.24, 2.45) is 5.73 Å². The molecule has 2 aromatic carbocycles. The van der Waals surface area contributed by atoms with Gasteiger partial charge in [0.1, 0.15) is 11.9 Å². The summed E-state index contributed by atoms with van der Waals surface area (Å²) in [5, 5.41) is 2.57. The molecule has 0 saturated carbocycles. The zero-order chi connectivity index (χ0) is 20.3. The Hall–Kier alpha value is -2.78. The molecule has 148 valence electrons. The Morgan fingerprint density at radius 2 is 1.82 bits per heavy atom. The standard InChI is InChI=1S/C19H20FN3O4S/c20-16-10-9-13(12-15(16)18(21)24)22-19(25)17-8-4-5-11-23(17)28(26,27)14-6-2-1-3-7-14/h1-3,6-7,9-10,12,17H,4-5,8,11H2,(H2,21,24)(H,22,25). The number of nitrogens with one attached hydrogen (secondary N) is 1. The molecule has 0 aliphatic carbocycles. The molecule has 1 aliphatic rings. The molecule has 0 bridgehead atoms. The molecule has 3 N–H and O–H groups in total. The van der Waals surface area contributed by atoms with E-state index < -0.39 is 33.7 Å². The van der Waals surface area contributed by atoms with Crippen LogP contribution in [0.1, 0.15) is 29.6 Å². The number of carbonyl (C=O) groups excluding carboxylic acids is 2. The number of primary amides is 1. The van der Waals surface area contributed by atoms with Gasteiger partial charge in [0.05, 0.1) is 10.5 Å². The Balaban J connectivity index is 1.85. The van der Waals surface area contributed by atoms with E-state index in [0.29, 0.717) is 19.3 Å². The van der Waals surface area contributed by atoms with E-state index in [1.165, 1.54) is 22.5 Å². The summed E-state index contributed by atoms with van der Waals surface area (Å²) in [5.41, 5.74) is 4.94. The minimum atomic E-state index is -3.84. The number of rotatable bonds is 5. The molecule has 9 heteroatoms. The number of sulfonamides is 1. The fraction of sp³-hybridized carbons (Fsp3) is 0.263. The summed E-state index contributed by atoms with van der Waals surface area (Å²) in [6, 6.07) is 10.5. The molecule has 1 saturated heterocycles. The topological polar surface area (TPSA) is 110 Å². The highest BCUT2D eigenvalue weighted by atomic mass is 32.2. The predicted molar refractivity (Wildman–Crippen MR) is 102 cm³/mol. The van der Waals surface area contributed by atoms with E-state index in [-0.39, 0.29) is 22.7 Å². The normalized spacial score (nSPS) is 17.8. The van der Waals surface area contributed by atoms with Crippen molar-refractivity contribution < 1.29 is 22.4 Å². The van der Waals surface area contributed by atoms with Crippen LogP contribution in [0.3, 0.4) is 0 Å². The summed E-state index contributed by atoms with van der Waals surface area (Å²) in [4.78, 5) is 24.2. The highest BCUT2D eigenvalue weighted by Gasteiger charge is 2.37. The third-order valence-corrected chi connectivity index (χ3v) is 6.53. The SMILES string of the molecule is NC(=O)c1cc(NC(=O)C2CCCCN2S(=O)(=O)c2ccccc2)ccc1F. The molecule has 0 radical (unpaired) electrons. The lowest BCUT2D eigenvalue weighted by atomic mass is 10.0. The van der Waals surface area contributed by atoms with Crippen LogP contribution in [0.5, 0.6) is 0 Å². The van der Waals surface area contributed by atoms with Gasteiger partial charge in [0, 0.05) is 12.2 Å². The van der Waals surface area contributed by atoms with Gasteiger partial charge in [-0.1, -0.05) is 24.6 Å². The zero-order valence-electron chi connectivity index (χ0n) is 15.0. The molecule has 1 unspecified atom stereocenters. The summed E-state index contributed by atoms with van der Waals surface area (Å²) < 4.78 is 40.8. The van der Waals surface area contributed by atoms with E-state index in [2.05, 4.69) is 5.32 Å². The van der Waals surface area contributed by atoms with Gasteiger partial charge in [-0.3, -0.25) is 9.59 Å². The van der Waals surface area contributed by atoms with Crippen LogP contribution >= 0.6 is 0 Å². The minimum absolute atomic E-state index is 0.118. The summed E-state index contributed by atoms with van der Waals surface area (Å²) >= 11 is 0. The smallest absolute Gasteiger partial charge is 0.251 e. The molecule has 7 nitrogen and oxygen atoms in total. The van der Waals surface area contributed by atoms with E-state index in [9.17, 15) is 22.4 Å². The third kappa shape index (κ3) is 4.05. The Bertz CT molecular complexity index is 995. The monoisotopic (exact) mass is 405 g/mol. The van der Waals surface area contributed by atoms with Gasteiger partial charge in [0.15, 0.2) is 0 Å². The first-order valence-electron chi connectivity index (χ1n) is 8.78. The molecule has 1 fully saturated rings. The molecule has 1 atom stereocenters. The summed E-state index contributed by atoms with van der Waals surface area (Å²) in [6.07, 6.45) is 1.72. The number of nitrogens with two attached hydrogens (primary N) is 1. The van der Waals surface area contributed by atoms with Crippen molar-refractivity contribution in [3.8, 4) is 0 Å². The van der Waals surface area contributed by atoms with Gasteiger partial charge in [-0.15, -0.1) is 0 Å². The molecule has 0 aromatic heterocycles. The quantitative estimate of drug-likeness (QED) is 0.794. The molecule has 2 amide bonds. The van der Waals surface area contributed by atoms with Crippen LogP contribution in [0.2, 0.25) is 0 Å². The van der Waals surface area contributed by atoms with Crippen LogP contribution in [-0.4, -0.2) is 37.1 Å². The van der Waals surface area contributed by atoms with E-state index in [1.807, 2.05) is 0 Å². The first-order valence-corrected chi connectivity index (χ1v) is 10.2. The van der Waals surface area contributed by atoms with Crippen molar-refractivity contribution in [2.45, 2.75) is 30.2 Å². The Morgan fingerprint density at radius 3 is 2.50 bits per heavy atom. The van der Waals surface area contributed by atoms with E-state index in [0.717, 1.165) is 12.1 Å². The molecule has 28 heavy (non-hydrogen) atoms. The average Bonchev–Trinajstić information content (AvgIpc) is 2.70. The minimum Gasteiger partial charge on any atom is -0.366 e. The maximum absolute atomic E-state index is 13.6. The highest BCUT2D eigenvalue weighted by molar-refractivity contribution is 7.89. The Labute approximate surface area is 162 Å². The van der Waals surface area contributed by atoms with Crippen LogP contribution in [0.15, 0.2) is 53.4 Å². The molecular weight excluding hydrogens is 385 g/mol. The molecule has 3 rings (SSSR count). The van der Waals surface area contributed by atoms with E-state index in [1.54, 1.807) is 18.2 Å². The van der Waals surface area contributed by atoms with Crippen molar-refractivity contribution >= 4 is 27.5 Å². The summed E-state index contributed by atoms with van der Waals surface area (Å²) in [5.74, 6) is -2.29. The van der Waals surface area contributed by atoms with Gasteiger partial charge in [0.2, 0.25) is 15.9 Å². The van der Waals surface area contributed by atoms with Crippen LogP contribution in [-0.2, 0) is 14.8 Å². The largest absolute Gasteiger partial charge is 0.366 e. The Morgan fingerprint density at radius 1 is 1.11 bits per heavy atom. The number of hydrogen-bond acceptors (Lipinski definition) is 4.